The van der Waals surface area contributed by atoms with Crippen LogP contribution in [-0.2, 0) is 11.8 Å². The van der Waals surface area contributed by atoms with Crippen molar-refractivity contribution in [1.29, 1.82) is 0 Å². The molecule has 0 saturated carbocycles. The maximum Gasteiger partial charge on any atom is 0.340 e. The molecule has 1 N–H and O–H groups in total. The van der Waals surface area contributed by atoms with Gasteiger partial charge in [-0.2, -0.15) is 0 Å². The van der Waals surface area contributed by atoms with Crippen LogP contribution in [0, 0.1) is 0 Å². The largest absolute Gasteiger partial charge is 0.487 e. The molecule has 0 spiro atoms. The highest BCUT2D eigenvalue weighted by Crippen LogP contribution is 2.38. The summed E-state index contributed by atoms with van der Waals surface area (Å²) in [7, 11) is 0. The fraction of sp³-hybridized carbons (Fsp3) is 0.421. The molecule has 0 aliphatic carbocycles. The van der Waals surface area contributed by atoms with Crippen molar-refractivity contribution >= 4 is 11.0 Å². The summed E-state index contributed by atoms with van der Waals surface area (Å²) >= 11 is 0. The second-order valence-electron chi connectivity index (χ2n) is 7.30. The molecule has 2 heterocycles. The van der Waals surface area contributed by atoms with Crippen LogP contribution in [0.2, 0.25) is 0 Å². The first-order chi connectivity index (χ1) is 10.6. The highest BCUT2D eigenvalue weighted by Gasteiger charge is 2.36. The molecular weight excluding hydrogens is 292 g/mol. The topological polar surface area (TPSA) is 59.7 Å². The molecule has 2 aromatic rings. The standard InChI is InChI=1S/C19H22O4/c1-6-18(2,3)13-9-11-7-8-14-12(16(11)23-17(13)20)10-15(22-14)19(4,5)21/h6-9,15,21H,1,10H2,2-5H3/t15-/m0/s1. The smallest absolute Gasteiger partial charge is 0.340 e. The number of allylic oxidation sites excluding steroid dienone is 1. The van der Waals surface area contributed by atoms with E-state index in [0.29, 0.717) is 23.3 Å². The first-order valence-corrected chi connectivity index (χ1v) is 7.76. The zero-order chi connectivity index (χ0) is 17.0. The van der Waals surface area contributed by atoms with Gasteiger partial charge in [0, 0.05) is 28.3 Å². The molecule has 122 valence electrons. The Morgan fingerprint density at radius 3 is 2.61 bits per heavy atom. The van der Waals surface area contributed by atoms with Crippen LogP contribution in [0.1, 0.15) is 38.8 Å². The van der Waals surface area contributed by atoms with Gasteiger partial charge >= 0.3 is 5.63 Å². The van der Waals surface area contributed by atoms with Gasteiger partial charge in [-0.05, 0) is 32.0 Å². The van der Waals surface area contributed by atoms with Gasteiger partial charge in [0.25, 0.3) is 0 Å². The van der Waals surface area contributed by atoms with Gasteiger partial charge in [-0.3, -0.25) is 0 Å². The SMILES string of the molecule is C=CC(C)(C)c1cc2ccc3c(c2oc1=O)C[C@@H](C(C)(C)O)O3. The molecule has 23 heavy (non-hydrogen) atoms. The average Bonchev–Trinajstić information content (AvgIpc) is 2.91. The fourth-order valence-electron chi connectivity index (χ4n) is 2.86. The lowest BCUT2D eigenvalue weighted by Crippen LogP contribution is -2.39. The Hall–Kier alpha value is -2.07. The minimum absolute atomic E-state index is 0.349. The number of fused-ring (bicyclic) bond motifs is 3. The normalized spacial score (nSPS) is 17.9. The quantitative estimate of drug-likeness (QED) is 0.697. The van der Waals surface area contributed by atoms with E-state index >= 15 is 0 Å². The lowest BCUT2D eigenvalue weighted by molar-refractivity contribution is -0.0229. The highest BCUT2D eigenvalue weighted by atomic mass is 16.5. The molecule has 1 atom stereocenters. The van der Waals surface area contributed by atoms with E-state index in [0.717, 1.165) is 10.9 Å². The van der Waals surface area contributed by atoms with E-state index < -0.39 is 11.0 Å². The van der Waals surface area contributed by atoms with Crippen LogP contribution < -0.4 is 10.4 Å². The predicted molar refractivity (Wildman–Crippen MR) is 90.1 cm³/mol. The molecular formula is C19H22O4. The van der Waals surface area contributed by atoms with Crippen molar-refractivity contribution in [2.45, 2.75) is 51.2 Å². The summed E-state index contributed by atoms with van der Waals surface area (Å²) in [6, 6.07) is 5.61. The summed E-state index contributed by atoms with van der Waals surface area (Å²) in [4.78, 5) is 12.4. The zero-order valence-electron chi connectivity index (χ0n) is 14.0. The molecule has 0 fully saturated rings. The Kier molecular flexibility index (Phi) is 3.41. The number of hydrogen-bond donors (Lipinski definition) is 1. The van der Waals surface area contributed by atoms with Crippen LogP contribution in [0.4, 0.5) is 0 Å². The van der Waals surface area contributed by atoms with Crippen LogP contribution in [-0.4, -0.2) is 16.8 Å². The van der Waals surface area contributed by atoms with E-state index in [2.05, 4.69) is 6.58 Å². The second-order valence-corrected chi connectivity index (χ2v) is 7.30. The third-order valence-electron chi connectivity index (χ3n) is 4.61. The first kappa shape index (κ1) is 15.8. The third-order valence-corrected chi connectivity index (χ3v) is 4.61. The van der Waals surface area contributed by atoms with E-state index in [1.165, 1.54) is 0 Å². The number of ether oxygens (including phenoxy) is 1. The van der Waals surface area contributed by atoms with Crippen molar-refractivity contribution in [1.82, 2.24) is 0 Å². The van der Waals surface area contributed by atoms with Crippen molar-refractivity contribution in [2.24, 2.45) is 0 Å². The number of aliphatic hydroxyl groups is 1. The van der Waals surface area contributed by atoms with E-state index in [1.54, 1.807) is 19.9 Å². The number of benzene rings is 1. The molecule has 4 nitrogen and oxygen atoms in total. The first-order valence-electron chi connectivity index (χ1n) is 7.76. The minimum Gasteiger partial charge on any atom is -0.487 e. The minimum atomic E-state index is -0.962. The Balaban J connectivity index is 2.17. The van der Waals surface area contributed by atoms with Crippen molar-refractivity contribution in [3.63, 3.8) is 0 Å². The van der Waals surface area contributed by atoms with Crippen LogP contribution >= 0.6 is 0 Å². The summed E-state index contributed by atoms with van der Waals surface area (Å²) in [5.41, 5.74) is 0.189. The lowest BCUT2D eigenvalue weighted by atomic mass is 9.85. The van der Waals surface area contributed by atoms with Crippen LogP contribution in [0.15, 0.2) is 40.1 Å². The Morgan fingerprint density at radius 2 is 2.00 bits per heavy atom. The molecule has 0 unspecified atom stereocenters. The van der Waals surface area contributed by atoms with E-state index in [4.69, 9.17) is 9.15 Å². The third kappa shape index (κ3) is 2.57. The molecule has 1 aliphatic heterocycles. The maximum absolute atomic E-state index is 12.4. The van der Waals surface area contributed by atoms with Gasteiger partial charge in [0.2, 0.25) is 0 Å². The summed E-state index contributed by atoms with van der Waals surface area (Å²) in [6.45, 7) is 11.1. The molecule has 0 saturated heterocycles. The molecule has 0 radical (unpaired) electrons. The van der Waals surface area contributed by atoms with E-state index in [-0.39, 0.29) is 11.7 Å². The van der Waals surface area contributed by atoms with Gasteiger partial charge < -0.3 is 14.3 Å². The van der Waals surface area contributed by atoms with E-state index in [9.17, 15) is 9.90 Å². The van der Waals surface area contributed by atoms with Gasteiger partial charge in [0.15, 0.2) is 0 Å². The Labute approximate surface area is 135 Å². The molecule has 0 bridgehead atoms. The van der Waals surface area contributed by atoms with Gasteiger partial charge in [-0.15, -0.1) is 6.58 Å². The summed E-state index contributed by atoms with van der Waals surface area (Å²) < 4.78 is 11.4. The Morgan fingerprint density at radius 1 is 1.30 bits per heavy atom. The van der Waals surface area contributed by atoms with Gasteiger partial charge in [-0.1, -0.05) is 19.9 Å². The van der Waals surface area contributed by atoms with Crippen molar-refractivity contribution in [3.05, 3.63) is 52.4 Å². The van der Waals surface area contributed by atoms with Crippen molar-refractivity contribution in [3.8, 4) is 5.75 Å². The fourth-order valence-corrected chi connectivity index (χ4v) is 2.86. The lowest BCUT2D eigenvalue weighted by Gasteiger charge is -2.24. The molecule has 4 heteroatoms. The average molecular weight is 314 g/mol. The second kappa shape index (κ2) is 4.96. The van der Waals surface area contributed by atoms with Crippen molar-refractivity contribution in [2.75, 3.05) is 0 Å². The van der Waals surface area contributed by atoms with Crippen LogP contribution in [0.25, 0.3) is 11.0 Å². The summed E-state index contributed by atoms with van der Waals surface area (Å²) in [5.74, 6) is 0.670. The zero-order valence-corrected chi connectivity index (χ0v) is 14.0. The van der Waals surface area contributed by atoms with Crippen LogP contribution in [0.5, 0.6) is 5.75 Å². The van der Waals surface area contributed by atoms with Crippen LogP contribution in [0.3, 0.4) is 0 Å². The summed E-state index contributed by atoms with van der Waals surface area (Å²) in [6.07, 6.45) is 1.91. The molecule has 3 rings (SSSR count). The number of rotatable bonds is 3. The molecule has 1 aliphatic rings. The van der Waals surface area contributed by atoms with Crippen molar-refractivity contribution < 1.29 is 14.3 Å². The highest BCUT2D eigenvalue weighted by molar-refractivity contribution is 5.83. The maximum atomic E-state index is 12.4. The molecule has 1 aromatic heterocycles. The number of hydrogen-bond acceptors (Lipinski definition) is 4. The van der Waals surface area contributed by atoms with Gasteiger partial charge in [-0.25, -0.2) is 4.79 Å². The summed E-state index contributed by atoms with van der Waals surface area (Å²) in [5, 5.41) is 11.0. The van der Waals surface area contributed by atoms with E-state index in [1.807, 2.05) is 32.0 Å². The monoisotopic (exact) mass is 314 g/mol. The molecule has 0 amide bonds. The predicted octanol–water partition coefficient (Wildman–Crippen LogP) is 3.33. The molecule has 1 aromatic carbocycles. The van der Waals surface area contributed by atoms with Gasteiger partial charge in [0.05, 0.1) is 5.60 Å². The van der Waals surface area contributed by atoms with Gasteiger partial charge in [0.1, 0.15) is 17.4 Å². The Bertz CT molecular complexity index is 837.